The highest BCUT2D eigenvalue weighted by Crippen LogP contribution is 2.26. The second kappa shape index (κ2) is 11.8. The fraction of sp³-hybridized carbons (Fsp3) is 0.417. The molecule has 2 aromatic heterocycles. The third-order valence-corrected chi connectivity index (χ3v) is 10.7. The molecule has 0 aliphatic carbocycles. The van der Waals surface area contributed by atoms with E-state index in [-0.39, 0.29) is 0 Å². The summed E-state index contributed by atoms with van der Waals surface area (Å²) in [6, 6.07) is 12.4. The summed E-state index contributed by atoms with van der Waals surface area (Å²) in [5.41, 5.74) is 2.55. The minimum absolute atomic E-state index is 0.820. The van der Waals surface area contributed by atoms with Crippen molar-refractivity contribution in [2.45, 2.75) is 52.6 Å². The van der Waals surface area contributed by atoms with Gasteiger partial charge < -0.3 is 0 Å². The van der Waals surface area contributed by atoms with Crippen LogP contribution < -0.4 is 9.13 Å². The van der Waals surface area contributed by atoms with Crippen molar-refractivity contribution in [3.05, 3.63) is 56.5 Å². The average Bonchev–Trinajstić information content (AvgIpc) is 3.24. The summed E-state index contributed by atoms with van der Waals surface area (Å²) in [6.07, 6.45) is 4.92. The molecule has 2 aromatic carbocycles. The molecule has 0 amide bonds. The molecule has 0 unspecified atom stereocenters. The highest BCUT2D eigenvalue weighted by Gasteiger charge is 2.18. The van der Waals surface area contributed by atoms with Crippen LogP contribution in [0.2, 0.25) is 10.0 Å². The van der Waals surface area contributed by atoms with Crippen molar-refractivity contribution in [2.75, 3.05) is 11.5 Å². The van der Waals surface area contributed by atoms with Gasteiger partial charge in [-0.2, -0.15) is 9.13 Å². The van der Waals surface area contributed by atoms with Crippen molar-refractivity contribution < 1.29 is 9.13 Å². The van der Waals surface area contributed by atoms with Gasteiger partial charge in [0.2, 0.25) is 21.0 Å². The van der Waals surface area contributed by atoms with Gasteiger partial charge in [-0.05, 0) is 37.1 Å². The number of aromatic nitrogens is 2. The third-order valence-electron chi connectivity index (χ3n) is 5.50. The fourth-order valence-corrected chi connectivity index (χ4v) is 8.56. The Morgan fingerprint density at radius 3 is 1.56 bits per heavy atom. The van der Waals surface area contributed by atoms with E-state index in [9.17, 15) is 0 Å². The summed E-state index contributed by atoms with van der Waals surface area (Å²) in [4.78, 5) is 0. The van der Waals surface area contributed by atoms with Crippen LogP contribution in [0.15, 0.2) is 36.4 Å². The van der Waals surface area contributed by atoms with Crippen LogP contribution in [0.1, 0.15) is 35.7 Å². The normalized spacial score (nSPS) is 11.8. The standard InChI is InChI=1S/C24H28Cl2N2S4/c1-17-27(21-15-19(25)7-9-23(21)31-17)11-3-5-13-29-30-14-6-4-12-28-18(2)32-24-10-8-20(26)16-22(24)28/h7-10,15-16H,3-6,11-14H2,1-2H3/q+2. The molecule has 0 aliphatic rings. The van der Waals surface area contributed by atoms with Gasteiger partial charge in [-0.15, -0.1) is 0 Å². The molecule has 0 saturated carbocycles. The zero-order valence-corrected chi connectivity index (χ0v) is 23.2. The first-order valence-electron chi connectivity index (χ1n) is 10.9. The zero-order valence-electron chi connectivity index (χ0n) is 18.4. The van der Waals surface area contributed by atoms with Gasteiger partial charge in [0.05, 0.1) is 0 Å². The number of unbranched alkanes of at least 4 members (excludes halogenated alkanes) is 2. The number of hydrogen-bond donors (Lipinski definition) is 0. The quantitative estimate of drug-likeness (QED) is 0.107. The monoisotopic (exact) mass is 542 g/mol. The topological polar surface area (TPSA) is 7.76 Å². The molecule has 0 fully saturated rings. The largest absolute Gasteiger partial charge is 0.235 e. The van der Waals surface area contributed by atoms with Crippen molar-refractivity contribution in [2.24, 2.45) is 0 Å². The van der Waals surface area contributed by atoms with Crippen molar-refractivity contribution >= 4 is 87.9 Å². The van der Waals surface area contributed by atoms with Crippen LogP contribution in [-0.2, 0) is 13.1 Å². The van der Waals surface area contributed by atoms with E-state index in [0.717, 1.165) is 23.1 Å². The summed E-state index contributed by atoms with van der Waals surface area (Å²) < 4.78 is 7.49. The van der Waals surface area contributed by atoms with E-state index in [1.54, 1.807) is 0 Å². The second-order valence-electron chi connectivity index (χ2n) is 7.83. The molecule has 4 rings (SSSR count). The van der Waals surface area contributed by atoms with Crippen LogP contribution in [0.3, 0.4) is 0 Å². The molecule has 0 aliphatic heterocycles. The first-order valence-corrected chi connectivity index (χ1v) is 15.8. The maximum Gasteiger partial charge on any atom is 0.235 e. The Hall–Kier alpha value is -0.500. The number of halogens is 2. The summed E-state index contributed by atoms with van der Waals surface area (Å²) in [5.74, 6) is 2.43. The summed E-state index contributed by atoms with van der Waals surface area (Å²) >= 11 is 16.1. The van der Waals surface area contributed by atoms with Crippen molar-refractivity contribution in [3.63, 3.8) is 0 Å². The van der Waals surface area contributed by atoms with Crippen LogP contribution >= 0.6 is 67.5 Å². The van der Waals surface area contributed by atoms with Gasteiger partial charge in [0.25, 0.3) is 0 Å². The van der Waals surface area contributed by atoms with Gasteiger partial charge >= 0.3 is 0 Å². The molecule has 0 N–H and O–H groups in total. The molecule has 0 atom stereocenters. The molecule has 2 heterocycles. The van der Waals surface area contributed by atoms with E-state index < -0.39 is 0 Å². The molecule has 0 radical (unpaired) electrons. The van der Waals surface area contributed by atoms with Crippen LogP contribution in [0.25, 0.3) is 20.4 Å². The Bertz CT molecular complexity index is 1110. The predicted molar refractivity (Wildman–Crippen MR) is 147 cm³/mol. The van der Waals surface area contributed by atoms with Gasteiger partial charge in [0.1, 0.15) is 22.5 Å². The SMILES string of the molecule is Cc1sc2ccc(Cl)cc2[n+]1CCCCSSCCCC[n+]1c(C)sc2ccc(Cl)cc21. The second-order valence-corrected chi connectivity index (χ2v) is 13.9. The predicted octanol–water partition coefficient (Wildman–Crippen LogP) is 8.26. The number of thiazole rings is 2. The van der Waals surface area contributed by atoms with Gasteiger partial charge in [0, 0.05) is 60.4 Å². The van der Waals surface area contributed by atoms with E-state index >= 15 is 0 Å². The fourth-order valence-electron chi connectivity index (χ4n) is 3.88. The van der Waals surface area contributed by atoms with Crippen LogP contribution in [0, 0.1) is 13.8 Å². The number of nitrogens with zero attached hydrogens (tertiary/aromatic N) is 2. The molecule has 4 aromatic rings. The van der Waals surface area contributed by atoms with Crippen LogP contribution in [0.5, 0.6) is 0 Å². The molecular formula is C24H28Cl2N2S4+2. The average molecular weight is 544 g/mol. The zero-order chi connectivity index (χ0) is 22.5. The van der Waals surface area contributed by atoms with Crippen molar-refractivity contribution in [3.8, 4) is 0 Å². The highest BCUT2D eigenvalue weighted by molar-refractivity contribution is 8.76. The molecule has 0 bridgehead atoms. The Balaban J connectivity index is 1.11. The first-order chi connectivity index (χ1) is 15.5. The van der Waals surface area contributed by atoms with E-state index in [1.165, 1.54) is 67.6 Å². The molecule has 0 saturated heterocycles. The van der Waals surface area contributed by atoms with E-state index in [4.69, 9.17) is 23.2 Å². The lowest BCUT2D eigenvalue weighted by molar-refractivity contribution is -0.673. The maximum atomic E-state index is 6.20. The van der Waals surface area contributed by atoms with E-state index in [0.29, 0.717) is 0 Å². The molecule has 2 nitrogen and oxygen atoms in total. The van der Waals surface area contributed by atoms with E-state index in [1.807, 2.05) is 56.4 Å². The lowest BCUT2D eigenvalue weighted by Crippen LogP contribution is -2.35. The summed E-state index contributed by atoms with van der Waals surface area (Å²) in [7, 11) is 4.05. The van der Waals surface area contributed by atoms with Gasteiger partial charge in [-0.1, -0.05) is 67.5 Å². The Kier molecular flexibility index (Phi) is 9.05. The Morgan fingerprint density at radius 2 is 1.12 bits per heavy atom. The summed E-state index contributed by atoms with van der Waals surface area (Å²) in [6.45, 7) is 6.56. The minimum atomic E-state index is 0.820. The molecular weight excluding hydrogens is 515 g/mol. The Labute approximate surface area is 216 Å². The number of aryl methyl sites for hydroxylation is 4. The maximum absolute atomic E-state index is 6.20. The van der Waals surface area contributed by atoms with Gasteiger partial charge in [-0.25, -0.2) is 0 Å². The van der Waals surface area contributed by atoms with Gasteiger partial charge in [-0.3, -0.25) is 0 Å². The number of benzene rings is 2. The van der Waals surface area contributed by atoms with Crippen molar-refractivity contribution in [1.82, 2.24) is 0 Å². The number of hydrogen-bond acceptors (Lipinski definition) is 4. The first kappa shape index (κ1) is 24.6. The van der Waals surface area contributed by atoms with Crippen LogP contribution in [0.4, 0.5) is 0 Å². The Morgan fingerprint density at radius 1 is 0.688 bits per heavy atom. The molecule has 8 heteroatoms. The lowest BCUT2D eigenvalue weighted by atomic mass is 10.3. The lowest BCUT2D eigenvalue weighted by Gasteiger charge is -2.01. The molecule has 170 valence electrons. The van der Waals surface area contributed by atoms with Crippen LogP contribution in [-0.4, -0.2) is 11.5 Å². The summed E-state index contributed by atoms with van der Waals surface area (Å²) in [5, 5.41) is 4.36. The molecule has 0 spiro atoms. The van der Waals surface area contributed by atoms with Gasteiger partial charge in [0.15, 0.2) is 0 Å². The van der Waals surface area contributed by atoms with Crippen molar-refractivity contribution in [1.29, 1.82) is 0 Å². The number of fused-ring (bicyclic) bond motifs is 2. The third kappa shape index (κ3) is 6.13. The highest BCUT2D eigenvalue weighted by atomic mass is 35.5. The molecule has 32 heavy (non-hydrogen) atoms. The minimum Gasteiger partial charge on any atom is -0.186 e. The number of rotatable bonds is 11. The van der Waals surface area contributed by atoms with E-state index in [2.05, 4.69) is 47.2 Å². The smallest absolute Gasteiger partial charge is 0.186 e.